The third kappa shape index (κ3) is 2.99. The van der Waals surface area contributed by atoms with Crippen LogP contribution in [-0.4, -0.2) is 13.0 Å². The van der Waals surface area contributed by atoms with Gasteiger partial charge in [0, 0.05) is 13.7 Å². The summed E-state index contributed by atoms with van der Waals surface area (Å²) in [5.41, 5.74) is 2.11. The van der Waals surface area contributed by atoms with Gasteiger partial charge in [-0.15, -0.1) is 0 Å². The van der Waals surface area contributed by atoms with Crippen LogP contribution in [0.2, 0.25) is 0 Å². The Bertz CT molecular complexity index is 506. The lowest BCUT2D eigenvalue weighted by Crippen LogP contribution is -2.22. The molecule has 2 rings (SSSR count). The van der Waals surface area contributed by atoms with E-state index in [1.54, 1.807) is 19.2 Å². The van der Waals surface area contributed by atoms with Crippen molar-refractivity contribution in [2.75, 3.05) is 7.11 Å². The standard InChI is InChI=1S/C14H15NO3/c1-17-10-12-6-3-2-5-11(12)9-15-14(16)13-7-4-8-18-13/h2-8H,9-10H2,1H3,(H,15,16). The van der Waals surface area contributed by atoms with Gasteiger partial charge in [-0.2, -0.15) is 0 Å². The smallest absolute Gasteiger partial charge is 0.287 e. The minimum absolute atomic E-state index is 0.216. The first-order valence-corrected chi connectivity index (χ1v) is 5.68. The van der Waals surface area contributed by atoms with Crippen LogP contribution in [0.15, 0.2) is 47.1 Å². The minimum Gasteiger partial charge on any atom is -0.459 e. The van der Waals surface area contributed by atoms with Crippen molar-refractivity contribution in [3.05, 3.63) is 59.5 Å². The Labute approximate surface area is 106 Å². The van der Waals surface area contributed by atoms with E-state index in [2.05, 4.69) is 5.32 Å². The molecule has 94 valence electrons. The van der Waals surface area contributed by atoms with Crippen molar-refractivity contribution >= 4 is 5.91 Å². The number of hydrogen-bond acceptors (Lipinski definition) is 3. The molecule has 0 saturated heterocycles. The summed E-state index contributed by atoms with van der Waals surface area (Å²) in [5.74, 6) is 0.103. The van der Waals surface area contributed by atoms with Crippen LogP contribution in [0.4, 0.5) is 0 Å². The zero-order chi connectivity index (χ0) is 12.8. The molecule has 4 heteroatoms. The Kier molecular flexibility index (Phi) is 4.15. The molecule has 18 heavy (non-hydrogen) atoms. The van der Waals surface area contributed by atoms with Gasteiger partial charge in [-0.25, -0.2) is 0 Å². The van der Waals surface area contributed by atoms with E-state index in [1.165, 1.54) is 6.26 Å². The summed E-state index contributed by atoms with van der Waals surface area (Å²) in [4.78, 5) is 11.7. The molecule has 1 heterocycles. The second-order valence-corrected chi connectivity index (χ2v) is 3.86. The van der Waals surface area contributed by atoms with E-state index < -0.39 is 0 Å². The van der Waals surface area contributed by atoms with E-state index >= 15 is 0 Å². The molecule has 0 atom stereocenters. The molecule has 0 radical (unpaired) electrons. The van der Waals surface area contributed by atoms with E-state index in [4.69, 9.17) is 9.15 Å². The highest BCUT2D eigenvalue weighted by Crippen LogP contribution is 2.10. The summed E-state index contributed by atoms with van der Waals surface area (Å²) in [6.45, 7) is 0.992. The van der Waals surface area contributed by atoms with Gasteiger partial charge in [-0.3, -0.25) is 4.79 Å². The minimum atomic E-state index is -0.216. The van der Waals surface area contributed by atoms with Crippen molar-refractivity contribution < 1.29 is 13.9 Å². The van der Waals surface area contributed by atoms with Crippen molar-refractivity contribution in [2.24, 2.45) is 0 Å². The van der Waals surface area contributed by atoms with E-state index in [-0.39, 0.29) is 5.91 Å². The van der Waals surface area contributed by atoms with E-state index in [1.807, 2.05) is 24.3 Å². The van der Waals surface area contributed by atoms with Crippen molar-refractivity contribution in [1.29, 1.82) is 0 Å². The summed E-state index contributed by atoms with van der Waals surface area (Å²) in [5, 5.41) is 2.81. The lowest BCUT2D eigenvalue weighted by Gasteiger charge is -2.09. The number of ether oxygens (including phenoxy) is 1. The highest BCUT2D eigenvalue weighted by atomic mass is 16.5. The number of carbonyl (C=O) groups excluding carboxylic acids is 1. The Morgan fingerprint density at radius 1 is 1.22 bits per heavy atom. The maximum Gasteiger partial charge on any atom is 0.287 e. The monoisotopic (exact) mass is 245 g/mol. The first-order valence-electron chi connectivity index (χ1n) is 5.68. The van der Waals surface area contributed by atoms with Crippen molar-refractivity contribution in [2.45, 2.75) is 13.2 Å². The molecule has 0 unspecified atom stereocenters. The molecular weight excluding hydrogens is 230 g/mol. The van der Waals surface area contributed by atoms with Gasteiger partial charge < -0.3 is 14.5 Å². The van der Waals surface area contributed by atoms with Crippen LogP contribution in [0.5, 0.6) is 0 Å². The molecule has 0 fully saturated rings. The SMILES string of the molecule is COCc1ccccc1CNC(=O)c1ccco1. The predicted octanol–water partition coefficient (Wildman–Crippen LogP) is 2.36. The average molecular weight is 245 g/mol. The van der Waals surface area contributed by atoms with Crippen molar-refractivity contribution in [3.63, 3.8) is 0 Å². The topological polar surface area (TPSA) is 51.5 Å². The van der Waals surface area contributed by atoms with Gasteiger partial charge in [0.25, 0.3) is 5.91 Å². The molecule has 0 aliphatic rings. The van der Waals surface area contributed by atoms with Gasteiger partial charge in [-0.05, 0) is 23.3 Å². The maximum absolute atomic E-state index is 11.7. The van der Waals surface area contributed by atoms with Crippen LogP contribution >= 0.6 is 0 Å². The molecule has 1 N–H and O–H groups in total. The van der Waals surface area contributed by atoms with Gasteiger partial charge in [0.05, 0.1) is 12.9 Å². The lowest BCUT2D eigenvalue weighted by atomic mass is 10.1. The van der Waals surface area contributed by atoms with Crippen LogP contribution in [0.25, 0.3) is 0 Å². The molecule has 0 aliphatic carbocycles. The second kappa shape index (κ2) is 6.02. The van der Waals surface area contributed by atoms with Gasteiger partial charge >= 0.3 is 0 Å². The zero-order valence-electron chi connectivity index (χ0n) is 10.2. The quantitative estimate of drug-likeness (QED) is 0.879. The fourth-order valence-electron chi connectivity index (χ4n) is 1.70. The molecule has 2 aromatic rings. The van der Waals surface area contributed by atoms with E-state index in [0.717, 1.165) is 11.1 Å². The first kappa shape index (κ1) is 12.4. The second-order valence-electron chi connectivity index (χ2n) is 3.86. The molecule has 0 spiro atoms. The number of methoxy groups -OCH3 is 1. The number of rotatable bonds is 5. The van der Waals surface area contributed by atoms with Crippen LogP contribution in [0.3, 0.4) is 0 Å². The van der Waals surface area contributed by atoms with E-state index in [0.29, 0.717) is 18.9 Å². The number of amides is 1. The summed E-state index contributed by atoms with van der Waals surface area (Å²) in [6.07, 6.45) is 1.48. The molecule has 1 aromatic carbocycles. The molecule has 4 nitrogen and oxygen atoms in total. The highest BCUT2D eigenvalue weighted by Gasteiger charge is 2.08. The first-order chi connectivity index (χ1) is 8.81. The van der Waals surface area contributed by atoms with Crippen LogP contribution in [0.1, 0.15) is 21.7 Å². The fraction of sp³-hybridized carbons (Fsp3) is 0.214. The van der Waals surface area contributed by atoms with Gasteiger partial charge in [0.1, 0.15) is 0 Å². The van der Waals surface area contributed by atoms with Gasteiger partial charge in [0.2, 0.25) is 0 Å². The Morgan fingerprint density at radius 3 is 2.67 bits per heavy atom. The fourth-order valence-corrected chi connectivity index (χ4v) is 1.70. The van der Waals surface area contributed by atoms with Gasteiger partial charge in [-0.1, -0.05) is 24.3 Å². The molecule has 0 aliphatic heterocycles. The Hall–Kier alpha value is -2.07. The van der Waals surface area contributed by atoms with Gasteiger partial charge in [0.15, 0.2) is 5.76 Å². The molecule has 1 aromatic heterocycles. The third-order valence-electron chi connectivity index (χ3n) is 2.60. The number of carbonyl (C=O) groups is 1. The van der Waals surface area contributed by atoms with Crippen molar-refractivity contribution in [1.82, 2.24) is 5.32 Å². The van der Waals surface area contributed by atoms with Crippen molar-refractivity contribution in [3.8, 4) is 0 Å². The molecule has 1 amide bonds. The molecule has 0 bridgehead atoms. The summed E-state index contributed by atoms with van der Waals surface area (Å²) in [7, 11) is 1.65. The van der Waals surface area contributed by atoms with Crippen LogP contribution in [0, 0.1) is 0 Å². The number of benzene rings is 1. The molecule has 0 saturated carbocycles. The predicted molar refractivity (Wildman–Crippen MR) is 67.0 cm³/mol. The molecular formula is C14H15NO3. The Balaban J connectivity index is 2.00. The maximum atomic E-state index is 11.7. The van der Waals surface area contributed by atoms with Crippen LogP contribution < -0.4 is 5.32 Å². The average Bonchev–Trinajstić information content (AvgIpc) is 2.92. The normalized spacial score (nSPS) is 10.3. The highest BCUT2D eigenvalue weighted by molar-refractivity contribution is 5.91. The lowest BCUT2D eigenvalue weighted by molar-refractivity contribution is 0.0922. The summed E-state index contributed by atoms with van der Waals surface area (Å²) < 4.78 is 10.1. The number of nitrogens with one attached hydrogen (secondary N) is 1. The third-order valence-corrected chi connectivity index (χ3v) is 2.60. The number of furan rings is 1. The van der Waals surface area contributed by atoms with E-state index in [9.17, 15) is 4.79 Å². The summed E-state index contributed by atoms with van der Waals surface area (Å²) in [6, 6.07) is 11.2. The van der Waals surface area contributed by atoms with Crippen LogP contribution in [-0.2, 0) is 17.9 Å². The zero-order valence-corrected chi connectivity index (χ0v) is 10.2. The number of hydrogen-bond donors (Lipinski definition) is 1. The largest absolute Gasteiger partial charge is 0.459 e. The summed E-state index contributed by atoms with van der Waals surface area (Å²) >= 11 is 0. The Morgan fingerprint density at radius 2 is 2.00 bits per heavy atom.